The Balaban J connectivity index is 1.89. The van der Waals surface area contributed by atoms with Gasteiger partial charge in [-0.15, -0.1) is 0 Å². The van der Waals surface area contributed by atoms with Crippen LogP contribution >= 0.6 is 0 Å². The minimum Gasteiger partial charge on any atom is -0.497 e. The van der Waals surface area contributed by atoms with Gasteiger partial charge in [0, 0.05) is 24.3 Å². The molecule has 1 aromatic heterocycles. The highest BCUT2D eigenvalue weighted by Crippen LogP contribution is 2.23. The molecule has 0 N–H and O–H groups in total. The van der Waals surface area contributed by atoms with E-state index in [4.69, 9.17) is 4.74 Å². The minimum absolute atomic E-state index is 0.0475. The number of ether oxygens (including phenoxy) is 1. The maximum atomic E-state index is 12.9. The van der Waals surface area contributed by atoms with Crippen molar-refractivity contribution in [1.29, 1.82) is 0 Å². The van der Waals surface area contributed by atoms with Crippen LogP contribution < -0.4 is 4.74 Å². The Morgan fingerprint density at radius 3 is 2.92 bits per heavy atom. The molecule has 24 heavy (non-hydrogen) atoms. The van der Waals surface area contributed by atoms with Gasteiger partial charge in [-0.05, 0) is 50.8 Å². The van der Waals surface area contributed by atoms with Crippen LogP contribution in [-0.2, 0) is 0 Å². The zero-order valence-electron chi connectivity index (χ0n) is 14.7. The Kier molecular flexibility index (Phi) is 4.88. The molecule has 2 aromatic rings. The topological polar surface area (TPSA) is 47.4 Å². The highest BCUT2D eigenvalue weighted by Gasteiger charge is 2.28. The molecule has 0 bridgehead atoms. The van der Waals surface area contributed by atoms with Gasteiger partial charge in [-0.3, -0.25) is 4.79 Å². The molecular formula is C19H25N3O2. The number of benzene rings is 1. The van der Waals surface area contributed by atoms with Crippen LogP contribution in [-0.4, -0.2) is 40.3 Å². The quantitative estimate of drug-likeness (QED) is 0.862. The number of aromatic nitrogens is 2. The molecular weight excluding hydrogens is 302 g/mol. The predicted molar refractivity (Wildman–Crippen MR) is 93.8 cm³/mol. The zero-order chi connectivity index (χ0) is 17.1. The van der Waals surface area contributed by atoms with Crippen molar-refractivity contribution in [3.63, 3.8) is 0 Å². The van der Waals surface area contributed by atoms with Crippen LogP contribution in [0.15, 0.2) is 30.3 Å². The van der Waals surface area contributed by atoms with E-state index >= 15 is 0 Å². The minimum atomic E-state index is 0.0475. The molecule has 1 unspecified atom stereocenters. The van der Waals surface area contributed by atoms with Crippen LogP contribution in [0.4, 0.5) is 0 Å². The average Bonchev–Trinajstić information content (AvgIpc) is 3.02. The summed E-state index contributed by atoms with van der Waals surface area (Å²) in [6.45, 7) is 4.95. The Labute approximate surface area is 143 Å². The van der Waals surface area contributed by atoms with Gasteiger partial charge in [0.2, 0.25) is 0 Å². The van der Waals surface area contributed by atoms with E-state index in [1.54, 1.807) is 11.8 Å². The second-order valence-corrected chi connectivity index (χ2v) is 6.34. The molecule has 5 heteroatoms. The van der Waals surface area contributed by atoms with Crippen molar-refractivity contribution in [3.8, 4) is 11.4 Å². The average molecular weight is 327 g/mol. The fraction of sp³-hybridized carbons (Fsp3) is 0.474. The number of piperidine rings is 1. The van der Waals surface area contributed by atoms with Crippen LogP contribution in [0.2, 0.25) is 0 Å². The summed E-state index contributed by atoms with van der Waals surface area (Å²) in [5.74, 6) is 0.823. The summed E-state index contributed by atoms with van der Waals surface area (Å²) in [6, 6.07) is 9.93. The number of nitrogens with zero attached hydrogens (tertiary/aromatic N) is 3. The summed E-state index contributed by atoms with van der Waals surface area (Å²) in [4.78, 5) is 14.9. The highest BCUT2D eigenvalue weighted by atomic mass is 16.5. The SMILES string of the molecule is CCC1CCCCN1C(=O)c1cc(C)n(-c2cccc(OC)c2)n1. The molecule has 1 atom stereocenters. The molecule has 0 spiro atoms. The number of hydrogen-bond acceptors (Lipinski definition) is 3. The normalized spacial score (nSPS) is 17.8. The van der Waals surface area contributed by atoms with Crippen LogP contribution in [0, 0.1) is 6.92 Å². The van der Waals surface area contributed by atoms with E-state index in [-0.39, 0.29) is 5.91 Å². The number of methoxy groups -OCH3 is 1. The molecule has 1 aromatic carbocycles. The predicted octanol–water partition coefficient (Wildman–Crippen LogP) is 3.59. The second kappa shape index (κ2) is 7.07. The van der Waals surface area contributed by atoms with E-state index in [0.29, 0.717) is 11.7 Å². The van der Waals surface area contributed by atoms with Crippen molar-refractivity contribution < 1.29 is 9.53 Å². The van der Waals surface area contributed by atoms with E-state index in [0.717, 1.165) is 42.9 Å². The monoisotopic (exact) mass is 327 g/mol. The fourth-order valence-electron chi connectivity index (χ4n) is 3.42. The van der Waals surface area contributed by atoms with Gasteiger partial charge in [-0.1, -0.05) is 13.0 Å². The van der Waals surface area contributed by atoms with Crippen LogP contribution in [0.5, 0.6) is 5.75 Å². The molecule has 1 aliphatic rings. The van der Waals surface area contributed by atoms with Gasteiger partial charge in [0.05, 0.1) is 12.8 Å². The van der Waals surface area contributed by atoms with E-state index < -0.39 is 0 Å². The first-order valence-electron chi connectivity index (χ1n) is 8.66. The number of rotatable bonds is 4. The summed E-state index contributed by atoms with van der Waals surface area (Å²) in [7, 11) is 1.64. The molecule has 5 nitrogen and oxygen atoms in total. The van der Waals surface area contributed by atoms with Crippen LogP contribution in [0.3, 0.4) is 0 Å². The molecule has 0 saturated carbocycles. The Bertz CT molecular complexity index is 723. The summed E-state index contributed by atoms with van der Waals surface area (Å²) < 4.78 is 7.08. The third-order valence-electron chi connectivity index (χ3n) is 4.76. The van der Waals surface area contributed by atoms with Gasteiger partial charge in [-0.2, -0.15) is 5.10 Å². The number of amides is 1. The third-order valence-corrected chi connectivity index (χ3v) is 4.76. The second-order valence-electron chi connectivity index (χ2n) is 6.34. The fourth-order valence-corrected chi connectivity index (χ4v) is 3.42. The number of likely N-dealkylation sites (tertiary alicyclic amines) is 1. The van der Waals surface area contributed by atoms with Gasteiger partial charge < -0.3 is 9.64 Å². The number of aryl methyl sites for hydroxylation is 1. The van der Waals surface area contributed by atoms with Gasteiger partial charge in [0.25, 0.3) is 5.91 Å². The maximum Gasteiger partial charge on any atom is 0.274 e. The maximum absolute atomic E-state index is 12.9. The third kappa shape index (κ3) is 3.16. The molecule has 128 valence electrons. The molecule has 1 aliphatic heterocycles. The van der Waals surface area contributed by atoms with Crippen molar-refractivity contribution in [2.45, 2.75) is 45.6 Å². The molecule has 0 aliphatic carbocycles. The molecule has 0 radical (unpaired) electrons. The molecule has 1 saturated heterocycles. The standard InChI is InChI=1S/C19H25N3O2/c1-4-15-8-5-6-11-21(15)19(23)18-12-14(2)22(20-18)16-9-7-10-17(13-16)24-3/h7,9-10,12-13,15H,4-6,8,11H2,1-3H3. The van der Waals surface area contributed by atoms with E-state index in [9.17, 15) is 4.79 Å². The molecule has 1 amide bonds. The summed E-state index contributed by atoms with van der Waals surface area (Å²) >= 11 is 0. The van der Waals surface area contributed by atoms with Gasteiger partial charge in [-0.25, -0.2) is 4.68 Å². The van der Waals surface area contributed by atoms with Crippen LogP contribution in [0.25, 0.3) is 5.69 Å². The molecule has 3 rings (SSSR count). The van der Waals surface area contributed by atoms with Gasteiger partial charge in [0.1, 0.15) is 5.75 Å². The first-order chi connectivity index (χ1) is 11.6. The summed E-state index contributed by atoms with van der Waals surface area (Å²) in [5.41, 5.74) is 2.36. The van der Waals surface area contributed by atoms with Crippen molar-refractivity contribution >= 4 is 5.91 Å². The van der Waals surface area contributed by atoms with Crippen molar-refractivity contribution in [2.75, 3.05) is 13.7 Å². The lowest BCUT2D eigenvalue weighted by Gasteiger charge is -2.34. The zero-order valence-corrected chi connectivity index (χ0v) is 14.7. The Morgan fingerprint density at radius 2 is 2.17 bits per heavy atom. The number of hydrogen-bond donors (Lipinski definition) is 0. The van der Waals surface area contributed by atoms with Gasteiger partial charge >= 0.3 is 0 Å². The lowest BCUT2D eigenvalue weighted by molar-refractivity contribution is 0.0601. The summed E-state index contributed by atoms with van der Waals surface area (Å²) in [5, 5.41) is 4.57. The Morgan fingerprint density at radius 1 is 1.33 bits per heavy atom. The van der Waals surface area contributed by atoms with Crippen LogP contribution in [0.1, 0.15) is 48.8 Å². The van der Waals surface area contributed by atoms with Crippen molar-refractivity contribution in [1.82, 2.24) is 14.7 Å². The van der Waals surface area contributed by atoms with Gasteiger partial charge in [0.15, 0.2) is 5.69 Å². The lowest BCUT2D eigenvalue weighted by Crippen LogP contribution is -2.43. The van der Waals surface area contributed by atoms with E-state index in [2.05, 4.69) is 12.0 Å². The van der Waals surface area contributed by atoms with Crippen molar-refractivity contribution in [3.05, 3.63) is 41.7 Å². The highest BCUT2D eigenvalue weighted by molar-refractivity contribution is 5.92. The lowest BCUT2D eigenvalue weighted by atomic mass is 9.99. The smallest absolute Gasteiger partial charge is 0.274 e. The largest absolute Gasteiger partial charge is 0.497 e. The first kappa shape index (κ1) is 16.6. The van der Waals surface area contributed by atoms with Crippen molar-refractivity contribution in [2.24, 2.45) is 0 Å². The van der Waals surface area contributed by atoms with E-state index in [1.807, 2.05) is 42.2 Å². The molecule has 1 fully saturated rings. The first-order valence-corrected chi connectivity index (χ1v) is 8.66. The molecule has 2 heterocycles. The Hall–Kier alpha value is -2.30. The van der Waals surface area contributed by atoms with E-state index in [1.165, 1.54) is 6.42 Å². The number of carbonyl (C=O) groups is 1. The number of carbonyl (C=O) groups excluding carboxylic acids is 1. The summed E-state index contributed by atoms with van der Waals surface area (Å²) in [6.07, 6.45) is 4.39.